The number of aromatic nitrogens is 2. The topological polar surface area (TPSA) is 72.3 Å². The smallest absolute Gasteiger partial charge is 0.231 e. The first kappa shape index (κ1) is 17.7. The standard InChI is InChI=1S/C26H18N2O3/c1-14-3-7-20-23(9-14)30-25(27-20)17-6-5-16-13-22(29)19(12-18(16)11-17)26-28-21-8-4-15(2)10-24(21)31-26/h3-13,29H,1-2H3. The molecule has 0 atom stereocenters. The predicted molar refractivity (Wildman–Crippen MR) is 121 cm³/mol. The number of nitrogens with zero attached hydrogens (tertiary/aromatic N) is 2. The Kier molecular flexibility index (Phi) is 3.68. The van der Waals surface area contributed by atoms with Gasteiger partial charge in [-0.2, -0.15) is 0 Å². The second kappa shape index (κ2) is 6.44. The molecule has 0 spiro atoms. The first-order chi connectivity index (χ1) is 15.0. The Balaban J connectivity index is 1.49. The van der Waals surface area contributed by atoms with Gasteiger partial charge in [-0.1, -0.05) is 18.2 Å². The van der Waals surface area contributed by atoms with Crippen LogP contribution in [0.1, 0.15) is 11.1 Å². The number of benzene rings is 4. The number of rotatable bonds is 2. The Bertz CT molecular complexity index is 1630. The molecule has 0 bridgehead atoms. The van der Waals surface area contributed by atoms with Crippen molar-refractivity contribution in [2.24, 2.45) is 0 Å². The summed E-state index contributed by atoms with van der Waals surface area (Å²) in [6, 6.07) is 21.3. The zero-order chi connectivity index (χ0) is 21.1. The Labute approximate surface area is 177 Å². The second-order valence-electron chi connectivity index (χ2n) is 7.91. The monoisotopic (exact) mass is 406 g/mol. The SMILES string of the molecule is Cc1ccc2nc(-c3ccc4cc(O)c(-c5nc6ccc(C)cc6o5)cc4c3)oc2c1. The zero-order valence-electron chi connectivity index (χ0n) is 17.0. The number of phenolic OH excluding ortho intramolecular Hbond substituents is 1. The van der Waals surface area contributed by atoms with Crippen molar-refractivity contribution < 1.29 is 13.9 Å². The van der Waals surface area contributed by atoms with Crippen molar-refractivity contribution >= 4 is 33.0 Å². The van der Waals surface area contributed by atoms with Crippen LogP contribution >= 0.6 is 0 Å². The van der Waals surface area contributed by atoms with Gasteiger partial charge in [0.15, 0.2) is 11.2 Å². The van der Waals surface area contributed by atoms with Crippen molar-refractivity contribution in [1.29, 1.82) is 0 Å². The van der Waals surface area contributed by atoms with Crippen LogP contribution in [-0.2, 0) is 0 Å². The van der Waals surface area contributed by atoms with Crippen LogP contribution < -0.4 is 0 Å². The highest BCUT2D eigenvalue weighted by Crippen LogP contribution is 2.36. The maximum absolute atomic E-state index is 10.6. The van der Waals surface area contributed by atoms with Crippen LogP contribution in [0.3, 0.4) is 0 Å². The molecule has 0 unspecified atom stereocenters. The van der Waals surface area contributed by atoms with Gasteiger partial charge in [0.1, 0.15) is 16.8 Å². The minimum atomic E-state index is 0.126. The summed E-state index contributed by atoms with van der Waals surface area (Å²) in [7, 11) is 0. The highest BCUT2D eigenvalue weighted by molar-refractivity contribution is 5.93. The summed E-state index contributed by atoms with van der Waals surface area (Å²) in [5.74, 6) is 1.08. The fourth-order valence-corrected chi connectivity index (χ4v) is 3.89. The summed E-state index contributed by atoms with van der Waals surface area (Å²) in [6.07, 6.45) is 0. The lowest BCUT2D eigenvalue weighted by molar-refractivity contribution is 0.475. The van der Waals surface area contributed by atoms with Gasteiger partial charge in [-0.3, -0.25) is 0 Å². The number of oxazole rings is 2. The van der Waals surface area contributed by atoms with Crippen molar-refractivity contribution in [2.75, 3.05) is 0 Å². The Hall–Kier alpha value is -4.12. The molecule has 0 saturated carbocycles. The lowest BCUT2D eigenvalue weighted by Gasteiger charge is -2.05. The largest absolute Gasteiger partial charge is 0.507 e. The summed E-state index contributed by atoms with van der Waals surface area (Å²) in [5, 5.41) is 12.5. The van der Waals surface area contributed by atoms with Gasteiger partial charge in [0.25, 0.3) is 0 Å². The number of hydrogen-bond donors (Lipinski definition) is 1. The Morgan fingerprint density at radius 2 is 1.29 bits per heavy atom. The zero-order valence-corrected chi connectivity index (χ0v) is 17.0. The maximum Gasteiger partial charge on any atom is 0.231 e. The molecule has 0 aliphatic carbocycles. The predicted octanol–water partition coefficient (Wildman–Crippen LogP) is 6.78. The van der Waals surface area contributed by atoms with Crippen molar-refractivity contribution in [1.82, 2.24) is 9.97 Å². The average Bonchev–Trinajstić information content (AvgIpc) is 3.36. The number of phenols is 1. The van der Waals surface area contributed by atoms with E-state index in [4.69, 9.17) is 8.83 Å². The van der Waals surface area contributed by atoms with Gasteiger partial charge in [-0.25, -0.2) is 9.97 Å². The number of aryl methyl sites for hydroxylation is 2. The molecule has 1 N–H and O–H groups in total. The van der Waals surface area contributed by atoms with Gasteiger partial charge in [-0.05, 0) is 84.3 Å². The highest BCUT2D eigenvalue weighted by atomic mass is 16.4. The van der Waals surface area contributed by atoms with Crippen molar-refractivity contribution in [2.45, 2.75) is 13.8 Å². The van der Waals surface area contributed by atoms with E-state index in [2.05, 4.69) is 9.97 Å². The van der Waals surface area contributed by atoms with Crippen LogP contribution in [0.4, 0.5) is 0 Å². The summed E-state index contributed by atoms with van der Waals surface area (Å²) >= 11 is 0. The molecule has 4 aromatic carbocycles. The van der Waals surface area contributed by atoms with E-state index in [1.54, 1.807) is 6.07 Å². The molecule has 2 heterocycles. The second-order valence-corrected chi connectivity index (χ2v) is 7.91. The van der Waals surface area contributed by atoms with Crippen LogP contribution in [0.5, 0.6) is 5.75 Å². The van der Waals surface area contributed by atoms with Crippen LogP contribution in [0.2, 0.25) is 0 Å². The molecular weight excluding hydrogens is 388 g/mol. The molecule has 0 amide bonds. The van der Waals surface area contributed by atoms with Crippen molar-refractivity contribution in [3.63, 3.8) is 0 Å². The van der Waals surface area contributed by atoms with Gasteiger partial charge in [0.2, 0.25) is 11.8 Å². The molecule has 0 radical (unpaired) electrons. The summed E-state index contributed by atoms with van der Waals surface area (Å²) in [6.45, 7) is 4.03. The molecular formula is C26H18N2O3. The Morgan fingerprint density at radius 1 is 0.645 bits per heavy atom. The summed E-state index contributed by atoms with van der Waals surface area (Å²) in [4.78, 5) is 9.17. The van der Waals surface area contributed by atoms with Gasteiger partial charge < -0.3 is 13.9 Å². The van der Waals surface area contributed by atoms with E-state index in [0.717, 1.165) is 44.1 Å². The third-order valence-corrected chi connectivity index (χ3v) is 5.52. The van der Waals surface area contributed by atoms with Crippen LogP contribution in [0.15, 0.2) is 75.6 Å². The van der Waals surface area contributed by atoms with E-state index in [-0.39, 0.29) is 5.75 Å². The number of aromatic hydroxyl groups is 1. The van der Waals surface area contributed by atoms with Gasteiger partial charge in [0.05, 0.1) is 5.56 Å². The molecule has 0 saturated heterocycles. The summed E-state index contributed by atoms with van der Waals surface area (Å²) in [5.41, 5.74) is 6.69. The normalized spacial score (nSPS) is 11.7. The molecule has 5 nitrogen and oxygen atoms in total. The van der Waals surface area contributed by atoms with Gasteiger partial charge in [-0.15, -0.1) is 0 Å². The first-order valence-electron chi connectivity index (χ1n) is 10.1. The number of hydrogen-bond acceptors (Lipinski definition) is 5. The van der Waals surface area contributed by atoms with Gasteiger partial charge in [0, 0.05) is 5.56 Å². The molecule has 6 rings (SSSR count). The first-order valence-corrected chi connectivity index (χ1v) is 10.1. The average molecular weight is 406 g/mol. The number of fused-ring (bicyclic) bond motifs is 3. The molecule has 2 aromatic heterocycles. The van der Waals surface area contributed by atoms with Crippen LogP contribution in [0.25, 0.3) is 55.9 Å². The van der Waals surface area contributed by atoms with Crippen molar-refractivity contribution in [3.05, 3.63) is 77.9 Å². The lowest BCUT2D eigenvalue weighted by Crippen LogP contribution is -1.83. The van der Waals surface area contributed by atoms with Crippen LogP contribution in [0, 0.1) is 13.8 Å². The van der Waals surface area contributed by atoms with E-state index in [1.165, 1.54) is 0 Å². The lowest BCUT2D eigenvalue weighted by atomic mass is 10.0. The minimum absolute atomic E-state index is 0.126. The molecule has 5 heteroatoms. The fraction of sp³-hybridized carbons (Fsp3) is 0.0769. The molecule has 0 aliphatic rings. The molecule has 6 aromatic rings. The van der Waals surface area contributed by atoms with E-state index in [9.17, 15) is 5.11 Å². The van der Waals surface area contributed by atoms with Crippen LogP contribution in [-0.4, -0.2) is 15.1 Å². The van der Waals surface area contributed by atoms with Gasteiger partial charge >= 0.3 is 0 Å². The minimum Gasteiger partial charge on any atom is -0.507 e. The third-order valence-electron chi connectivity index (χ3n) is 5.52. The van der Waals surface area contributed by atoms with E-state index in [0.29, 0.717) is 22.9 Å². The molecule has 150 valence electrons. The molecule has 31 heavy (non-hydrogen) atoms. The van der Waals surface area contributed by atoms with Crippen molar-refractivity contribution in [3.8, 4) is 28.7 Å². The highest BCUT2D eigenvalue weighted by Gasteiger charge is 2.15. The molecule has 0 aliphatic heterocycles. The third kappa shape index (κ3) is 2.94. The van der Waals surface area contributed by atoms with E-state index < -0.39 is 0 Å². The van der Waals surface area contributed by atoms with E-state index >= 15 is 0 Å². The fourth-order valence-electron chi connectivity index (χ4n) is 3.89. The quantitative estimate of drug-likeness (QED) is 0.343. The summed E-state index contributed by atoms with van der Waals surface area (Å²) < 4.78 is 11.9. The maximum atomic E-state index is 10.6. The Morgan fingerprint density at radius 3 is 2.00 bits per heavy atom. The van der Waals surface area contributed by atoms with E-state index in [1.807, 2.05) is 74.5 Å². The molecule has 0 fully saturated rings.